The minimum absolute atomic E-state index is 0.127. The highest BCUT2D eigenvalue weighted by atomic mass is 16.2. The van der Waals surface area contributed by atoms with E-state index in [4.69, 9.17) is 0 Å². The normalized spacial score (nSPS) is 27.2. The van der Waals surface area contributed by atoms with Crippen LogP contribution in [0.1, 0.15) is 68.3 Å². The Labute approximate surface area is 171 Å². The highest BCUT2D eigenvalue weighted by Gasteiger charge is 2.39. The maximum atomic E-state index is 12.8. The largest absolute Gasteiger partial charge is 0.381 e. The quantitative estimate of drug-likeness (QED) is 0.662. The Bertz CT molecular complexity index is 822. The summed E-state index contributed by atoms with van der Waals surface area (Å²) in [5.41, 5.74) is 2.61. The fourth-order valence-electron chi connectivity index (χ4n) is 4.81. The van der Waals surface area contributed by atoms with Crippen LogP contribution in [0.25, 0.3) is 0 Å². The van der Waals surface area contributed by atoms with Gasteiger partial charge in [-0.15, -0.1) is 0 Å². The van der Waals surface area contributed by atoms with Gasteiger partial charge in [-0.25, -0.2) is 0 Å². The summed E-state index contributed by atoms with van der Waals surface area (Å²) < 4.78 is 0. The molecule has 3 N–H and O–H groups in total. The van der Waals surface area contributed by atoms with Gasteiger partial charge in [-0.05, 0) is 43.0 Å². The highest BCUT2D eigenvalue weighted by molar-refractivity contribution is 6.05. The first-order valence-electron chi connectivity index (χ1n) is 10.7. The number of piperidine rings is 1. The smallest absolute Gasteiger partial charge is 0.255 e. The average molecular weight is 399 g/mol. The Hall–Kier alpha value is -2.41. The van der Waals surface area contributed by atoms with Crippen molar-refractivity contribution in [2.24, 2.45) is 0 Å². The zero-order chi connectivity index (χ0) is 20.5. The maximum absolute atomic E-state index is 12.8. The van der Waals surface area contributed by atoms with Gasteiger partial charge in [0.25, 0.3) is 5.91 Å². The van der Waals surface area contributed by atoms with Gasteiger partial charge in [0.05, 0.1) is 0 Å². The van der Waals surface area contributed by atoms with Crippen LogP contribution in [0.15, 0.2) is 18.2 Å². The molecule has 0 radical (unpaired) electrons. The van der Waals surface area contributed by atoms with Crippen LogP contribution in [-0.2, 0) is 16.1 Å². The monoisotopic (exact) mass is 398 g/mol. The summed E-state index contributed by atoms with van der Waals surface area (Å²) in [5.74, 6) is -0.762. The van der Waals surface area contributed by atoms with E-state index in [2.05, 4.69) is 29.8 Å². The van der Waals surface area contributed by atoms with E-state index in [1.54, 1.807) is 4.90 Å². The lowest BCUT2D eigenvalue weighted by Crippen LogP contribution is -2.52. The zero-order valence-corrected chi connectivity index (χ0v) is 17.2. The van der Waals surface area contributed by atoms with Crippen molar-refractivity contribution in [2.45, 2.75) is 83.1 Å². The second-order valence-electron chi connectivity index (χ2n) is 8.74. The predicted octanol–water partition coefficient (Wildman–Crippen LogP) is 2.17. The van der Waals surface area contributed by atoms with Gasteiger partial charge in [0.15, 0.2) is 0 Å². The van der Waals surface area contributed by atoms with Gasteiger partial charge < -0.3 is 15.5 Å². The Morgan fingerprint density at radius 1 is 1.07 bits per heavy atom. The summed E-state index contributed by atoms with van der Waals surface area (Å²) in [4.78, 5) is 38.0. The standard InChI is InChI=1S/C22H30N4O3/c1-13(2)23-17-5-3-4-6-18(17)24-15-7-8-16-14(11-15)12-26(22(16)29)19-9-10-20(27)25-21(19)28/h7-8,11,13,17-19,23-24H,3-6,9-10,12H2,1-2H3,(H,25,27,28). The molecule has 1 aromatic carbocycles. The molecule has 1 saturated carbocycles. The number of carbonyl (C=O) groups is 3. The maximum Gasteiger partial charge on any atom is 0.255 e. The molecule has 7 heteroatoms. The van der Waals surface area contributed by atoms with Crippen LogP contribution in [0, 0.1) is 0 Å². The number of hydrogen-bond donors (Lipinski definition) is 3. The van der Waals surface area contributed by atoms with E-state index in [9.17, 15) is 14.4 Å². The molecule has 4 rings (SSSR count). The molecule has 0 aromatic heterocycles. The van der Waals surface area contributed by atoms with E-state index < -0.39 is 6.04 Å². The summed E-state index contributed by atoms with van der Waals surface area (Å²) in [6.45, 7) is 4.76. The van der Waals surface area contributed by atoms with Gasteiger partial charge >= 0.3 is 0 Å². The number of nitrogens with zero attached hydrogens (tertiary/aromatic N) is 1. The lowest BCUT2D eigenvalue weighted by molar-refractivity contribution is -0.136. The second kappa shape index (κ2) is 8.14. The minimum atomic E-state index is -0.568. The number of anilines is 1. The SMILES string of the molecule is CC(C)NC1CCCCC1Nc1ccc2c(c1)CN(C1CCC(=O)NC1=O)C2=O. The van der Waals surface area contributed by atoms with E-state index >= 15 is 0 Å². The first-order valence-corrected chi connectivity index (χ1v) is 10.7. The number of rotatable bonds is 5. The third-order valence-electron chi connectivity index (χ3n) is 6.19. The van der Waals surface area contributed by atoms with Crippen molar-refractivity contribution in [2.75, 3.05) is 5.32 Å². The highest BCUT2D eigenvalue weighted by Crippen LogP contribution is 2.30. The number of nitrogens with one attached hydrogen (secondary N) is 3. The molecule has 3 amide bonds. The second-order valence-corrected chi connectivity index (χ2v) is 8.74. The number of amides is 3. The molecule has 7 nitrogen and oxygen atoms in total. The van der Waals surface area contributed by atoms with Crippen molar-refractivity contribution < 1.29 is 14.4 Å². The fourth-order valence-corrected chi connectivity index (χ4v) is 4.81. The van der Waals surface area contributed by atoms with Crippen LogP contribution >= 0.6 is 0 Å². The van der Waals surface area contributed by atoms with Crippen molar-refractivity contribution in [3.8, 4) is 0 Å². The molecule has 0 spiro atoms. The number of carbonyl (C=O) groups excluding carboxylic acids is 3. The minimum Gasteiger partial charge on any atom is -0.381 e. The van der Waals surface area contributed by atoms with Crippen molar-refractivity contribution in [3.63, 3.8) is 0 Å². The number of benzene rings is 1. The van der Waals surface area contributed by atoms with E-state index in [-0.39, 0.29) is 24.1 Å². The molecular formula is C22H30N4O3. The zero-order valence-electron chi connectivity index (χ0n) is 17.2. The molecule has 2 heterocycles. The summed E-state index contributed by atoms with van der Waals surface area (Å²) >= 11 is 0. The summed E-state index contributed by atoms with van der Waals surface area (Å²) in [6.07, 6.45) is 5.43. The molecule has 29 heavy (non-hydrogen) atoms. The predicted molar refractivity (Wildman–Crippen MR) is 110 cm³/mol. The molecule has 0 bridgehead atoms. The topological polar surface area (TPSA) is 90.5 Å². The van der Waals surface area contributed by atoms with Gasteiger partial charge in [0.1, 0.15) is 6.04 Å². The van der Waals surface area contributed by atoms with Crippen LogP contribution in [-0.4, -0.2) is 46.8 Å². The van der Waals surface area contributed by atoms with Gasteiger partial charge in [-0.2, -0.15) is 0 Å². The first-order chi connectivity index (χ1) is 13.9. The van der Waals surface area contributed by atoms with Crippen molar-refractivity contribution >= 4 is 23.4 Å². The van der Waals surface area contributed by atoms with Crippen LogP contribution in [0.4, 0.5) is 5.69 Å². The number of hydrogen-bond acceptors (Lipinski definition) is 5. The average Bonchev–Trinajstić information content (AvgIpc) is 2.99. The van der Waals surface area contributed by atoms with Gasteiger partial charge in [0.2, 0.25) is 11.8 Å². The van der Waals surface area contributed by atoms with Crippen molar-refractivity contribution in [1.82, 2.24) is 15.5 Å². The molecule has 1 aliphatic carbocycles. The lowest BCUT2D eigenvalue weighted by atomic mass is 9.89. The van der Waals surface area contributed by atoms with Crippen LogP contribution in [0.2, 0.25) is 0 Å². The van der Waals surface area contributed by atoms with E-state index in [0.717, 1.165) is 17.7 Å². The van der Waals surface area contributed by atoms with E-state index in [1.165, 1.54) is 19.3 Å². The van der Waals surface area contributed by atoms with Gasteiger partial charge in [0, 0.05) is 42.3 Å². The fraction of sp³-hybridized carbons (Fsp3) is 0.591. The number of fused-ring (bicyclic) bond motifs is 1. The Morgan fingerprint density at radius 3 is 2.55 bits per heavy atom. The molecule has 3 unspecified atom stereocenters. The molecule has 2 fully saturated rings. The van der Waals surface area contributed by atoms with Crippen LogP contribution in [0.5, 0.6) is 0 Å². The van der Waals surface area contributed by atoms with Gasteiger partial charge in [-0.1, -0.05) is 26.7 Å². The van der Waals surface area contributed by atoms with E-state index in [0.29, 0.717) is 36.7 Å². The van der Waals surface area contributed by atoms with Crippen molar-refractivity contribution in [3.05, 3.63) is 29.3 Å². The first kappa shape index (κ1) is 19.9. The molecule has 156 valence electrons. The lowest BCUT2D eigenvalue weighted by Gasteiger charge is -2.35. The van der Waals surface area contributed by atoms with Gasteiger partial charge in [-0.3, -0.25) is 19.7 Å². The molecule has 3 atom stereocenters. The molecule has 1 saturated heterocycles. The Balaban J connectivity index is 1.47. The van der Waals surface area contributed by atoms with Crippen molar-refractivity contribution in [1.29, 1.82) is 0 Å². The molecular weight excluding hydrogens is 368 g/mol. The Morgan fingerprint density at radius 2 is 1.83 bits per heavy atom. The van der Waals surface area contributed by atoms with Crippen LogP contribution in [0.3, 0.4) is 0 Å². The summed E-state index contributed by atoms with van der Waals surface area (Å²) in [5, 5.41) is 9.70. The third kappa shape index (κ3) is 4.15. The molecule has 3 aliphatic rings. The molecule has 2 aliphatic heterocycles. The third-order valence-corrected chi connectivity index (χ3v) is 6.19. The van der Waals surface area contributed by atoms with E-state index in [1.807, 2.05) is 18.2 Å². The Kier molecular flexibility index (Phi) is 5.58. The summed E-state index contributed by atoms with van der Waals surface area (Å²) in [6, 6.07) is 6.56. The number of imide groups is 1. The van der Waals surface area contributed by atoms with Crippen LogP contribution < -0.4 is 16.0 Å². The summed E-state index contributed by atoms with van der Waals surface area (Å²) in [7, 11) is 0. The molecule has 1 aromatic rings.